The standard InChI is InChI=1S/C15H13BrOS/c1-10-5-3-4-6-15(10)18-12-7-8-13(11(2)17)14(16)9-12/h3-9H,1-2H3. The Morgan fingerprint density at radius 1 is 1.17 bits per heavy atom. The van der Waals surface area contributed by atoms with Gasteiger partial charge in [-0.3, -0.25) is 4.79 Å². The van der Waals surface area contributed by atoms with Crippen LogP contribution in [0.15, 0.2) is 56.7 Å². The fraction of sp³-hybridized carbons (Fsp3) is 0.133. The van der Waals surface area contributed by atoms with Crippen molar-refractivity contribution in [1.82, 2.24) is 0 Å². The van der Waals surface area contributed by atoms with Crippen molar-refractivity contribution in [3.05, 3.63) is 58.1 Å². The first-order chi connectivity index (χ1) is 8.58. The van der Waals surface area contributed by atoms with Crippen LogP contribution in [0.1, 0.15) is 22.8 Å². The number of hydrogen-bond acceptors (Lipinski definition) is 2. The Morgan fingerprint density at radius 3 is 2.50 bits per heavy atom. The van der Waals surface area contributed by atoms with Gasteiger partial charge in [0, 0.05) is 19.8 Å². The van der Waals surface area contributed by atoms with Crippen LogP contribution in [0.4, 0.5) is 0 Å². The largest absolute Gasteiger partial charge is 0.294 e. The van der Waals surface area contributed by atoms with E-state index in [4.69, 9.17) is 0 Å². The maximum atomic E-state index is 11.4. The van der Waals surface area contributed by atoms with Gasteiger partial charge in [-0.2, -0.15) is 0 Å². The lowest BCUT2D eigenvalue weighted by molar-refractivity contribution is 0.101. The van der Waals surface area contributed by atoms with Crippen molar-refractivity contribution in [2.45, 2.75) is 23.6 Å². The number of rotatable bonds is 3. The molecule has 0 heterocycles. The van der Waals surface area contributed by atoms with Crippen LogP contribution in [-0.2, 0) is 0 Å². The molecule has 0 radical (unpaired) electrons. The van der Waals surface area contributed by atoms with Crippen molar-refractivity contribution in [3.8, 4) is 0 Å². The van der Waals surface area contributed by atoms with Gasteiger partial charge in [-0.25, -0.2) is 0 Å². The number of Topliss-reactive ketones (excluding diaryl/α,β-unsaturated/α-hetero) is 1. The zero-order valence-corrected chi connectivity index (χ0v) is 12.6. The van der Waals surface area contributed by atoms with E-state index in [9.17, 15) is 4.79 Å². The summed E-state index contributed by atoms with van der Waals surface area (Å²) < 4.78 is 0.855. The molecule has 2 rings (SSSR count). The van der Waals surface area contributed by atoms with E-state index in [1.165, 1.54) is 10.5 Å². The lowest BCUT2D eigenvalue weighted by Crippen LogP contribution is -1.93. The van der Waals surface area contributed by atoms with Crippen molar-refractivity contribution in [2.75, 3.05) is 0 Å². The van der Waals surface area contributed by atoms with Gasteiger partial charge < -0.3 is 0 Å². The summed E-state index contributed by atoms with van der Waals surface area (Å²) >= 11 is 5.15. The fourth-order valence-corrected chi connectivity index (χ4v) is 3.39. The molecule has 0 unspecified atom stereocenters. The lowest BCUT2D eigenvalue weighted by Gasteiger charge is -2.07. The van der Waals surface area contributed by atoms with Crippen molar-refractivity contribution in [2.24, 2.45) is 0 Å². The van der Waals surface area contributed by atoms with E-state index in [1.807, 2.05) is 30.3 Å². The van der Waals surface area contributed by atoms with Crippen molar-refractivity contribution < 1.29 is 4.79 Å². The van der Waals surface area contributed by atoms with Gasteiger partial charge in [-0.15, -0.1) is 0 Å². The van der Waals surface area contributed by atoms with E-state index in [1.54, 1.807) is 18.7 Å². The first-order valence-corrected chi connectivity index (χ1v) is 7.23. The third-order valence-corrected chi connectivity index (χ3v) is 4.46. The Balaban J connectivity index is 2.29. The van der Waals surface area contributed by atoms with Gasteiger partial charge in [-0.1, -0.05) is 45.9 Å². The van der Waals surface area contributed by atoms with Crippen LogP contribution in [0.2, 0.25) is 0 Å². The molecule has 0 atom stereocenters. The summed E-state index contributed by atoms with van der Waals surface area (Å²) in [7, 11) is 0. The van der Waals surface area contributed by atoms with Crippen LogP contribution in [0.3, 0.4) is 0 Å². The summed E-state index contributed by atoms with van der Waals surface area (Å²) in [5.41, 5.74) is 1.98. The second kappa shape index (κ2) is 5.72. The quantitative estimate of drug-likeness (QED) is 0.731. The molecule has 0 N–H and O–H groups in total. The third kappa shape index (κ3) is 3.03. The first kappa shape index (κ1) is 13.4. The molecule has 2 aromatic carbocycles. The molecule has 0 aliphatic carbocycles. The summed E-state index contributed by atoms with van der Waals surface area (Å²) in [4.78, 5) is 13.7. The van der Waals surface area contributed by atoms with Crippen LogP contribution in [-0.4, -0.2) is 5.78 Å². The van der Waals surface area contributed by atoms with E-state index >= 15 is 0 Å². The smallest absolute Gasteiger partial charge is 0.160 e. The topological polar surface area (TPSA) is 17.1 Å². The van der Waals surface area contributed by atoms with E-state index < -0.39 is 0 Å². The van der Waals surface area contributed by atoms with Crippen molar-refractivity contribution in [1.29, 1.82) is 0 Å². The van der Waals surface area contributed by atoms with Gasteiger partial charge in [-0.05, 0) is 43.7 Å². The average Bonchev–Trinajstić information content (AvgIpc) is 2.32. The number of ketones is 1. The fourth-order valence-electron chi connectivity index (χ4n) is 1.64. The molecule has 0 aliphatic rings. The Kier molecular flexibility index (Phi) is 4.25. The molecule has 0 saturated carbocycles. The van der Waals surface area contributed by atoms with Crippen molar-refractivity contribution in [3.63, 3.8) is 0 Å². The third-order valence-electron chi connectivity index (χ3n) is 2.64. The highest BCUT2D eigenvalue weighted by Crippen LogP contribution is 2.32. The molecule has 92 valence electrons. The highest BCUT2D eigenvalue weighted by Gasteiger charge is 2.07. The molecule has 2 aromatic rings. The SMILES string of the molecule is CC(=O)c1ccc(Sc2ccccc2C)cc1Br. The number of carbonyl (C=O) groups excluding carboxylic acids is 1. The normalized spacial score (nSPS) is 10.4. The zero-order chi connectivity index (χ0) is 13.1. The van der Waals surface area contributed by atoms with E-state index in [0.29, 0.717) is 0 Å². The van der Waals surface area contributed by atoms with Gasteiger partial charge in [0.25, 0.3) is 0 Å². The number of benzene rings is 2. The zero-order valence-electron chi connectivity index (χ0n) is 10.2. The molecule has 0 amide bonds. The average molecular weight is 321 g/mol. The number of hydrogen-bond donors (Lipinski definition) is 0. The van der Waals surface area contributed by atoms with Gasteiger partial charge in [0.2, 0.25) is 0 Å². The number of carbonyl (C=O) groups is 1. The molecular weight excluding hydrogens is 308 g/mol. The molecule has 0 bridgehead atoms. The predicted octanol–water partition coefficient (Wildman–Crippen LogP) is 5.11. The second-order valence-corrected chi connectivity index (χ2v) is 6.04. The lowest BCUT2D eigenvalue weighted by atomic mass is 10.1. The number of halogens is 1. The minimum absolute atomic E-state index is 0.0781. The predicted molar refractivity (Wildman–Crippen MR) is 79.4 cm³/mol. The van der Waals surface area contributed by atoms with Crippen LogP contribution >= 0.6 is 27.7 Å². The Hall–Kier alpha value is -1.06. The monoisotopic (exact) mass is 320 g/mol. The van der Waals surface area contributed by atoms with Gasteiger partial charge in [0.05, 0.1) is 0 Å². The Bertz CT molecular complexity index is 593. The molecule has 18 heavy (non-hydrogen) atoms. The van der Waals surface area contributed by atoms with E-state index in [2.05, 4.69) is 35.0 Å². The molecular formula is C15H13BrOS. The summed E-state index contributed by atoms with van der Waals surface area (Å²) in [5, 5.41) is 0. The Labute approximate surface area is 120 Å². The highest BCUT2D eigenvalue weighted by atomic mass is 79.9. The van der Waals surface area contributed by atoms with Crippen LogP contribution in [0.5, 0.6) is 0 Å². The van der Waals surface area contributed by atoms with Gasteiger partial charge in [0.1, 0.15) is 0 Å². The summed E-state index contributed by atoms with van der Waals surface area (Å²) in [6.45, 7) is 3.68. The molecule has 0 spiro atoms. The molecule has 1 nitrogen and oxygen atoms in total. The Morgan fingerprint density at radius 2 is 1.89 bits per heavy atom. The molecule has 0 saturated heterocycles. The maximum absolute atomic E-state index is 11.4. The molecule has 0 aliphatic heterocycles. The minimum Gasteiger partial charge on any atom is -0.294 e. The molecule has 0 aromatic heterocycles. The van der Waals surface area contributed by atoms with Crippen LogP contribution < -0.4 is 0 Å². The minimum atomic E-state index is 0.0781. The molecule has 3 heteroatoms. The molecule has 0 fully saturated rings. The van der Waals surface area contributed by atoms with Crippen LogP contribution in [0, 0.1) is 6.92 Å². The van der Waals surface area contributed by atoms with E-state index in [0.717, 1.165) is 14.9 Å². The van der Waals surface area contributed by atoms with Gasteiger partial charge in [0.15, 0.2) is 5.78 Å². The van der Waals surface area contributed by atoms with E-state index in [-0.39, 0.29) is 5.78 Å². The van der Waals surface area contributed by atoms with Gasteiger partial charge >= 0.3 is 0 Å². The summed E-state index contributed by atoms with van der Waals surface area (Å²) in [5.74, 6) is 0.0781. The maximum Gasteiger partial charge on any atom is 0.160 e. The first-order valence-electron chi connectivity index (χ1n) is 5.62. The highest BCUT2D eigenvalue weighted by molar-refractivity contribution is 9.10. The summed E-state index contributed by atoms with van der Waals surface area (Å²) in [6, 6.07) is 14.1. The van der Waals surface area contributed by atoms with Crippen molar-refractivity contribution >= 4 is 33.5 Å². The second-order valence-electron chi connectivity index (χ2n) is 4.07. The summed E-state index contributed by atoms with van der Waals surface area (Å²) in [6.07, 6.45) is 0. The van der Waals surface area contributed by atoms with Crippen LogP contribution in [0.25, 0.3) is 0 Å². The number of aryl methyl sites for hydroxylation is 1.